The number of nitrogens with zero attached hydrogens (tertiary/aromatic N) is 1. The van der Waals surface area contributed by atoms with Gasteiger partial charge in [0.15, 0.2) is 0 Å². The molecule has 0 bridgehead atoms. The molecule has 1 aliphatic carbocycles. The lowest BCUT2D eigenvalue weighted by molar-refractivity contribution is 0.0327. The molecule has 2 aliphatic rings. The molecule has 0 amide bonds. The first kappa shape index (κ1) is 14.9. The first-order valence-electron chi connectivity index (χ1n) is 8.89. The Morgan fingerprint density at radius 3 is 2.74 bits per heavy atom. The molecule has 0 N–H and O–H groups in total. The van der Waals surface area contributed by atoms with Crippen LogP contribution in [0.5, 0.6) is 0 Å². The molecule has 0 saturated carbocycles. The largest absolute Gasteiger partial charge is 0.379 e. The summed E-state index contributed by atoms with van der Waals surface area (Å²) < 4.78 is 5.47. The average Bonchev–Trinajstić information content (AvgIpc) is 2.62. The summed E-state index contributed by atoms with van der Waals surface area (Å²) in [4.78, 5) is 2.57. The van der Waals surface area contributed by atoms with Crippen LogP contribution < -0.4 is 0 Å². The van der Waals surface area contributed by atoms with E-state index in [1.54, 1.807) is 5.57 Å². The number of hydrogen-bond acceptors (Lipinski definition) is 2. The van der Waals surface area contributed by atoms with Gasteiger partial charge in [-0.15, -0.1) is 0 Å². The molecule has 0 spiro atoms. The van der Waals surface area contributed by atoms with Gasteiger partial charge in [-0.2, -0.15) is 0 Å². The van der Waals surface area contributed by atoms with Gasteiger partial charge in [0.1, 0.15) is 0 Å². The maximum atomic E-state index is 5.47. The second-order valence-electron chi connectivity index (χ2n) is 6.78. The van der Waals surface area contributed by atoms with Crippen molar-refractivity contribution in [2.45, 2.75) is 19.3 Å². The Kier molecular flexibility index (Phi) is 4.45. The van der Waals surface area contributed by atoms with Crippen molar-refractivity contribution in [3.8, 4) is 0 Å². The molecule has 2 aromatic carbocycles. The second kappa shape index (κ2) is 6.86. The smallest absolute Gasteiger partial charge is 0.0594 e. The molecule has 120 valence electrons. The highest BCUT2D eigenvalue weighted by molar-refractivity contribution is 5.94. The Hall–Kier alpha value is -1.64. The van der Waals surface area contributed by atoms with E-state index in [9.17, 15) is 0 Å². The lowest BCUT2D eigenvalue weighted by atomic mass is 9.85. The molecule has 23 heavy (non-hydrogen) atoms. The summed E-state index contributed by atoms with van der Waals surface area (Å²) in [6, 6.07) is 15.5. The zero-order chi connectivity index (χ0) is 15.5. The van der Waals surface area contributed by atoms with Crippen molar-refractivity contribution in [1.82, 2.24) is 4.90 Å². The Balaban J connectivity index is 1.59. The van der Waals surface area contributed by atoms with Crippen molar-refractivity contribution in [3.63, 3.8) is 0 Å². The Labute approximate surface area is 138 Å². The van der Waals surface area contributed by atoms with E-state index in [1.807, 2.05) is 0 Å². The molecule has 4 rings (SSSR count). The molecule has 2 nitrogen and oxygen atoms in total. The minimum absolute atomic E-state index is 0.691. The van der Waals surface area contributed by atoms with Crippen molar-refractivity contribution in [2.75, 3.05) is 32.8 Å². The Bertz CT molecular complexity index is 695. The zero-order valence-electron chi connectivity index (χ0n) is 13.7. The average molecular weight is 307 g/mol. The summed E-state index contributed by atoms with van der Waals surface area (Å²) >= 11 is 0. The third kappa shape index (κ3) is 3.34. The van der Waals surface area contributed by atoms with Gasteiger partial charge in [-0.25, -0.2) is 0 Å². The van der Waals surface area contributed by atoms with Crippen LogP contribution in [-0.2, 0) is 4.74 Å². The fraction of sp³-hybridized carbons (Fsp3) is 0.429. The number of fused-ring (bicyclic) bond motifs is 1. The lowest BCUT2D eigenvalue weighted by Crippen LogP contribution is -2.39. The maximum Gasteiger partial charge on any atom is 0.0594 e. The van der Waals surface area contributed by atoms with Gasteiger partial charge in [0, 0.05) is 19.6 Å². The van der Waals surface area contributed by atoms with Crippen LogP contribution in [0.4, 0.5) is 0 Å². The fourth-order valence-electron chi connectivity index (χ4n) is 4.00. The molecule has 0 radical (unpaired) electrons. The third-order valence-electron chi connectivity index (χ3n) is 5.19. The van der Waals surface area contributed by atoms with Gasteiger partial charge in [0.25, 0.3) is 0 Å². The second-order valence-corrected chi connectivity index (χ2v) is 6.78. The van der Waals surface area contributed by atoms with Crippen LogP contribution in [0.3, 0.4) is 0 Å². The lowest BCUT2D eigenvalue weighted by Gasteiger charge is -2.31. The standard InChI is InChI=1S/C21H25NO/c1-2-9-20-18(6-1)7-4-10-21(20)19-8-3-5-17(15-19)16-22-11-13-23-14-12-22/h1-2,4,6-7,9-10,15,17H,3,5,8,11-14,16H2. The number of benzene rings is 2. The normalized spacial score (nSPS) is 23.0. The molecular weight excluding hydrogens is 282 g/mol. The predicted octanol–water partition coefficient (Wildman–Crippen LogP) is 4.36. The SMILES string of the molecule is C1=C(c2cccc3ccccc23)CCCC1CN1CCOCC1. The van der Waals surface area contributed by atoms with Crippen LogP contribution in [0, 0.1) is 5.92 Å². The van der Waals surface area contributed by atoms with Crippen molar-refractivity contribution in [3.05, 3.63) is 54.1 Å². The van der Waals surface area contributed by atoms with Crippen LogP contribution in [-0.4, -0.2) is 37.7 Å². The summed E-state index contributed by atoms with van der Waals surface area (Å²) in [5, 5.41) is 2.74. The first-order valence-corrected chi connectivity index (χ1v) is 8.89. The summed E-state index contributed by atoms with van der Waals surface area (Å²) in [6.45, 7) is 5.17. The predicted molar refractivity (Wildman–Crippen MR) is 96.5 cm³/mol. The molecule has 2 aromatic rings. The van der Waals surface area contributed by atoms with E-state index in [1.165, 1.54) is 42.1 Å². The quantitative estimate of drug-likeness (QED) is 0.835. The number of ether oxygens (including phenoxy) is 1. The van der Waals surface area contributed by atoms with Gasteiger partial charge in [0.05, 0.1) is 13.2 Å². The van der Waals surface area contributed by atoms with Gasteiger partial charge < -0.3 is 4.74 Å². The number of rotatable bonds is 3. The van der Waals surface area contributed by atoms with Gasteiger partial charge in [-0.3, -0.25) is 4.90 Å². The van der Waals surface area contributed by atoms with Crippen molar-refractivity contribution >= 4 is 16.3 Å². The van der Waals surface area contributed by atoms with Gasteiger partial charge in [0.2, 0.25) is 0 Å². The molecule has 1 atom stereocenters. The zero-order valence-corrected chi connectivity index (χ0v) is 13.7. The van der Waals surface area contributed by atoms with Crippen LogP contribution in [0.2, 0.25) is 0 Å². The highest BCUT2D eigenvalue weighted by atomic mass is 16.5. The van der Waals surface area contributed by atoms with E-state index in [-0.39, 0.29) is 0 Å². The van der Waals surface area contributed by atoms with Gasteiger partial charge in [-0.1, -0.05) is 48.5 Å². The minimum Gasteiger partial charge on any atom is -0.379 e. The van der Waals surface area contributed by atoms with E-state index >= 15 is 0 Å². The summed E-state index contributed by atoms with van der Waals surface area (Å²) in [7, 11) is 0. The first-order chi connectivity index (χ1) is 11.4. The molecule has 1 unspecified atom stereocenters. The molecule has 2 heteroatoms. The number of hydrogen-bond donors (Lipinski definition) is 0. The molecule has 1 saturated heterocycles. The molecule has 1 fully saturated rings. The molecule has 1 aliphatic heterocycles. The highest BCUT2D eigenvalue weighted by Crippen LogP contribution is 2.34. The van der Waals surface area contributed by atoms with Crippen LogP contribution in [0.1, 0.15) is 24.8 Å². The van der Waals surface area contributed by atoms with Crippen LogP contribution >= 0.6 is 0 Å². The van der Waals surface area contributed by atoms with E-state index in [0.717, 1.165) is 26.3 Å². The Morgan fingerprint density at radius 2 is 1.83 bits per heavy atom. The third-order valence-corrected chi connectivity index (χ3v) is 5.19. The fourth-order valence-corrected chi connectivity index (χ4v) is 4.00. The van der Waals surface area contributed by atoms with Crippen molar-refractivity contribution < 1.29 is 4.74 Å². The highest BCUT2D eigenvalue weighted by Gasteiger charge is 2.20. The summed E-state index contributed by atoms with van der Waals surface area (Å²) in [5.74, 6) is 0.691. The number of morpholine rings is 1. The van der Waals surface area contributed by atoms with E-state index < -0.39 is 0 Å². The van der Waals surface area contributed by atoms with Crippen LogP contribution in [0.25, 0.3) is 16.3 Å². The van der Waals surface area contributed by atoms with E-state index in [4.69, 9.17) is 4.74 Å². The van der Waals surface area contributed by atoms with Gasteiger partial charge >= 0.3 is 0 Å². The molecule has 1 heterocycles. The topological polar surface area (TPSA) is 12.5 Å². The van der Waals surface area contributed by atoms with Crippen molar-refractivity contribution in [1.29, 1.82) is 0 Å². The van der Waals surface area contributed by atoms with E-state index in [2.05, 4.69) is 53.4 Å². The van der Waals surface area contributed by atoms with Crippen molar-refractivity contribution in [2.24, 2.45) is 5.92 Å². The minimum atomic E-state index is 0.691. The van der Waals surface area contributed by atoms with E-state index in [0.29, 0.717) is 5.92 Å². The summed E-state index contributed by atoms with van der Waals surface area (Å²) in [5.41, 5.74) is 2.99. The Morgan fingerprint density at radius 1 is 1.00 bits per heavy atom. The van der Waals surface area contributed by atoms with Gasteiger partial charge in [-0.05, 0) is 47.1 Å². The monoisotopic (exact) mass is 307 g/mol. The number of allylic oxidation sites excluding steroid dienone is 1. The summed E-state index contributed by atoms with van der Waals surface area (Å²) in [6.07, 6.45) is 6.41. The maximum absolute atomic E-state index is 5.47. The van der Waals surface area contributed by atoms with Crippen LogP contribution in [0.15, 0.2) is 48.5 Å². The molecular formula is C21H25NO. The molecule has 0 aromatic heterocycles.